The summed E-state index contributed by atoms with van der Waals surface area (Å²) in [7, 11) is 1.58. The Morgan fingerprint density at radius 3 is 2.83 bits per heavy atom. The fourth-order valence-corrected chi connectivity index (χ4v) is 2.66. The molecule has 0 atom stereocenters. The number of halogens is 1. The Hall–Kier alpha value is -2.66. The zero-order valence-corrected chi connectivity index (χ0v) is 13.3. The minimum Gasteiger partial charge on any atom is -0.451 e. The average molecular weight is 327 g/mol. The van der Waals surface area contributed by atoms with Crippen molar-refractivity contribution < 1.29 is 18.3 Å². The highest BCUT2D eigenvalue weighted by Gasteiger charge is 2.19. The number of carbonyl (C=O) groups excluding carboxylic acids is 1. The number of fused-ring (bicyclic) bond motifs is 1. The maximum atomic E-state index is 13.2. The highest BCUT2D eigenvalue weighted by atomic mass is 19.1. The molecule has 0 aliphatic carbocycles. The third-order valence-corrected chi connectivity index (χ3v) is 3.78. The van der Waals surface area contributed by atoms with Gasteiger partial charge in [0, 0.05) is 24.6 Å². The Bertz CT molecular complexity index is 857. The Balaban J connectivity index is 1.72. The Kier molecular flexibility index (Phi) is 4.91. The minimum atomic E-state index is -0.297. The van der Waals surface area contributed by atoms with Gasteiger partial charge in [0.15, 0.2) is 5.76 Å². The summed E-state index contributed by atoms with van der Waals surface area (Å²) in [6.07, 6.45) is 0.545. The van der Waals surface area contributed by atoms with Gasteiger partial charge in [-0.2, -0.15) is 0 Å². The molecule has 0 fully saturated rings. The van der Waals surface area contributed by atoms with E-state index < -0.39 is 0 Å². The number of ether oxygens (including phenoxy) is 1. The van der Waals surface area contributed by atoms with Crippen molar-refractivity contribution in [3.63, 3.8) is 0 Å². The largest absolute Gasteiger partial charge is 0.451 e. The number of amides is 1. The first kappa shape index (κ1) is 16.2. The van der Waals surface area contributed by atoms with Crippen molar-refractivity contribution in [2.75, 3.05) is 13.7 Å². The van der Waals surface area contributed by atoms with E-state index >= 15 is 0 Å². The van der Waals surface area contributed by atoms with Gasteiger partial charge in [0.05, 0.1) is 6.61 Å². The van der Waals surface area contributed by atoms with Gasteiger partial charge < -0.3 is 14.5 Å². The van der Waals surface area contributed by atoms with Crippen molar-refractivity contribution in [3.8, 4) is 0 Å². The monoisotopic (exact) mass is 327 g/mol. The van der Waals surface area contributed by atoms with Gasteiger partial charge in [0.25, 0.3) is 5.91 Å². The number of benzene rings is 2. The second-order valence-electron chi connectivity index (χ2n) is 5.47. The molecule has 1 N–H and O–H groups in total. The maximum Gasteiger partial charge on any atom is 0.287 e. The van der Waals surface area contributed by atoms with Crippen molar-refractivity contribution in [2.24, 2.45) is 0 Å². The molecule has 5 heteroatoms. The fraction of sp³-hybridized carbons (Fsp3) is 0.211. The topological polar surface area (TPSA) is 51.5 Å². The molecule has 124 valence electrons. The van der Waals surface area contributed by atoms with E-state index in [1.807, 2.05) is 30.3 Å². The van der Waals surface area contributed by atoms with Crippen LogP contribution in [0.4, 0.5) is 4.39 Å². The highest BCUT2D eigenvalue weighted by Crippen LogP contribution is 2.26. The van der Waals surface area contributed by atoms with Gasteiger partial charge in [-0.3, -0.25) is 4.79 Å². The number of methoxy groups -OCH3 is 1. The first-order valence-electron chi connectivity index (χ1n) is 7.71. The molecule has 1 heterocycles. The lowest BCUT2D eigenvalue weighted by atomic mass is 10.1. The van der Waals surface area contributed by atoms with Gasteiger partial charge in [-0.25, -0.2) is 4.39 Å². The predicted molar refractivity (Wildman–Crippen MR) is 89.4 cm³/mol. The van der Waals surface area contributed by atoms with Crippen LogP contribution in [-0.2, 0) is 17.8 Å². The van der Waals surface area contributed by atoms with Crippen molar-refractivity contribution in [1.29, 1.82) is 0 Å². The van der Waals surface area contributed by atoms with E-state index in [4.69, 9.17) is 9.15 Å². The van der Waals surface area contributed by atoms with Gasteiger partial charge in [0.2, 0.25) is 0 Å². The molecule has 3 rings (SSSR count). The van der Waals surface area contributed by atoms with Crippen LogP contribution >= 0.6 is 0 Å². The molecule has 0 saturated carbocycles. The van der Waals surface area contributed by atoms with E-state index in [1.54, 1.807) is 13.2 Å². The Labute approximate surface area is 139 Å². The lowest BCUT2D eigenvalue weighted by molar-refractivity contribution is 0.0922. The van der Waals surface area contributed by atoms with Crippen LogP contribution < -0.4 is 5.32 Å². The SMILES string of the molecule is COCc1c(C(=O)NCCc2cccc(F)c2)oc2ccccc12. The molecule has 1 aromatic heterocycles. The molecule has 1 amide bonds. The molecule has 2 aromatic carbocycles. The third-order valence-electron chi connectivity index (χ3n) is 3.78. The number of rotatable bonds is 6. The maximum absolute atomic E-state index is 13.2. The van der Waals surface area contributed by atoms with E-state index in [9.17, 15) is 9.18 Å². The van der Waals surface area contributed by atoms with E-state index in [1.165, 1.54) is 12.1 Å². The second-order valence-corrected chi connectivity index (χ2v) is 5.47. The van der Waals surface area contributed by atoms with Crippen LogP contribution in [0.2, 0.25) is 0 Å². The van der Waals surface area contributed by atoms with E-state index in [0.29, 0.717) is 25.2 Å². The Morgan fingerprint density at radius 1 is 1.21 bits per heavy atom. The van der Waals surface area contributed by atoms with E-state index in [-0.39, 0.29) is 17.5 Å². The molecule has 0 saturated heterocycles. The molecule has 3 aromatic rings. The summed E-state index contributed by atoms with van der Waals surface area (Å²) in [6, 6.07) is 13.8. The number of hydrogen-bond donors (Lipinski definition) is 1. The number of para-hydroxylation sites is 1. The third kappa shape index (κ3) is 3.46. The summed E-state index contributed by atoms with van der Waals surface area (Å²) in [4.78, 5) is 12.4. The van der Waals surface area contributed by atoms with Crippen LogP contribution in [-0.4, -0.2) is 19.6 Å². The van der Waals surface area contributed by atoms with Crippen molar-refractivity contribution in [1.82, 2.24) is 5.32 Å². The molecule has 0 aliphatic rings. The van der Waals surface area contributed by atoms with Crippen LogP contribution in [0.1, 0.15) is 21.7 Å². The van der Waals surface area contributed by atoms with Crippen LogP contribution in [0.5, 0.6) is 0 Å². The summed E-state index contributed by atoms with van der Waals surface area (Å²) < 4.78 is 24.0. The number of hydrogen-bond acceptors (Lipinski definition) is 3. The first-order chi connectivity index (χ1) is 11.7. The van der Waals surface area contributed by atoms with Crippen molar-refractivity contribution in [3.05, 3.63) is 71.2 Å². The molecule has 0 spiro atoms. The van der Waals surface area contributed by atoms with Gasteiger partial charge in [-0.1, -0.05) is 30.3 Å². The molecule has 4 nitrogen and oxygen atoms in total. The number of nitrogens with one attached hydrogen (secondary N) is 1. The van der Waals surface area contributed by atoms with Crippen LogP contribution in [0.3, 0.4) is 0 Å². The van der Waals surface area contributed by atoms with Crippen molar-refractivity contribution >= 4 is 16.9 Å². The minimum absolute atomic E-state index is 0.261. The zero-order chi connectivity index (χ0) is 16.9. The van der Waals surface area contributed by atoms with E-state index in [0.717, 1.165) is 16.5 Å². The standard InChI is InChI=1S/C19H18FNO3/c1-23-12-16-15-7-2-3-8-17(15)24-18(16)19(22)21-10-9-13-5-4-6-14(20)11-13/h2-8,11H,9-10,12H2,1H3,(H,21,22). The molecular formula is C19H18FNO3. The Morgan fingerprint density at radius 2 is 2.04 bits per heavy atom. The van der Waals surface area contributed by atoms with Gasteiger partial charge in [0.1, 0.15) is 11.4 Å². The fourth-order valence-electron chi connectivity index (χ4n) is 2.66. The normalized spacial score (nSPS) is 10.9. The molecule has 24 heavy (non-hydrogen) atoms. The first-order valence-corrected chi connectivity index (χ1v) is 7.71. The average Bonchev–Trinajstić information content (AvgIpc) is 2.94. The summed E-state index contributed by atoms with van der Waals surface area (Å²) in [5, 5.41) is 3.69. The van der Waals surface area contributed by atoms with Crippen LogP contribution in [0, 0.1) is 5.82 Å². The number of furan rings is 1. The lowest BCUT2D eigenvalue weighted by Crippen LogP contribution is -2.26. The summed E-state index contributed by atoms with van der Waals surface area (Å²) >= 11 is 0. The van der Waals surface area contributed by atoms with Crippen LogP contribution in [0.25, 0.3) is 11.0 Å². The lowest BCUT2D eigenvalue weighted by Gasteiger charge is -2.05. The van der Waals surface area contributed by atoms with Crippen LogP contribution in [0.15, 0.2) is 52.9 Å². The smallest absolute Gasteiger partial charge is 0.287 e. The predicted octanol–water partition coefficient (Wildman–Crippen LogP) is 3.69. The molecule has 0 radical (unpaired) electrons. The van der Waals surface area contributed by atoms with Gasteiger partial charge in [-0.15, -0.1) is 0 Å². The molecule has 0 aliphatic heterocycles. The summed E-state index contributed by atoms with van der Waals surface area (Å²) in [5.41, 5.74) is 2.22. The molecular weight excluding hydrogens is 309 g/mol. The highest BCUT2D eigenvalue weighted by molar-refractivity contribution is 5.99. The van der Waals surface area contributed by atoms with Crippen molar-refractivity contribution in [2.45, 2.75) is 13.0 Å². The van der Waals surface area contributed by atoms with Gasteiger partial charge in [-0.05, 0) is 30.2 Å². The molecule has 0 bridgehead atoms. The quantitative estimate of drug-likeness (QED) is 0.751. The van der Waals surface area contributed by atoms with Gasteiger partial charge >= 0.3 is 0 Å². The second kappa shape index (κ2) is 7.27. The van der Waals surface area contributed by atoms with E-state index in [2.05, 4.69) is 5.32 Å². The number of carbonyl (C=O) groups is 1. The summed E-state index contributed by atoms with van der Waals surface area (Å²) in [5.74, 6) is -0.314. The molecule has 0 unspecified atom stereocenters. The zero-order valence-electron chi connectivity index (χ0n) is 13.3. The summed E-state index contributed by atoms with van der Waals surface area (Å²) in [6.45, 7) is 0.690.